The van der Waals surface area contributed by atoms with Crippen LogP contribution in [0.5, 0.6) is 5.75 Å². The van der Waals surface area contributed by atoms with Gasteiger partial charge in [-0.3, -0.25) is 4.79 Å². The molecular weight excluding hydrogens is 392 g/mol. The van der Waals surface area contributed by atoms with Gasteiger partial charge in [-0.05, 0) is 49.6 Å². The van der Waals surface area contributed by atoms with Gasteiger partial charge in [0.2, 0.25) is 0 Å². The highest BCUT2D eigenvalue weighted by Crippen LogP contribution is 2.42. The number of carbonyl (C=O) groups is 1. The largest absolute Gasteiger partial charge is 0.481 e. The summed E-state index contributed by atoms with van der Waals surface area (Å²) in [4.78, 5) is 12.1. The number of anilines is 1. The molecule has 128 valence electrons. The zero-order chi connectivity index (χ0) is 18.0. The number of nitrogens with one attached hydrogen (secondary N) is 1. The average molecular weight is 407 g/mol. The Balaban J connectivity index is 2.14. The first kappa shape index (κ1) is 19.2. The molecule has 0 saturated carbocycles. The Hall–Kier alpha value is -1.13. The lowest BCUT2D eigenvalue weighted by Crippen LogP contribution is -2.21. The van der Waals surface area contributed by atoms with E-state index in [1.165, 1.54) is 0 Å². The molecule has 0 unspecified atom stereocenters. The molecule has 0 saturated heterocycles. The Morgan fingerprint density at radius 2 is 1.58 bits per heavy atom. The predicted octanol–water partition coefficient (Wildman–Crippen LogP) is 6.24. The summed E-state index contributed by atoms with van der Waals surface area (Å²) in [7, 11) is 0. The van der Waals surface area contributed by atoms with E-state index in [-0.39, 0.29) is 18.3 Å². The summed E-state index contributed by atoms with van der Waals surface area (Å²) in [5, 5.41) is 4.34. The molecule has 0 radical (unpaired) electrons. The summed E-state index contributed by atoms with van der Waals surface area (Å²) in [6.07, 6.45) is 0. The molecule has 2 rings (SSSR count). The monoisotopic (exact) mass is 405 g/mol. The molecule has 0 heterocycles. The van der Waals surface area contributed by atoms with Gasteiger partial charge in [-0.25, -0.2) is 0 Å². The van der Waals surface area contributed by atoms with Crippen LogP contribution in [-0.2, 0) is 4.79 Å². The molecule has 0 aromatic heterocycles. The second kappa shape index (κ2) is 7.83. The van der Waals surface area contributed by atoms with Crippen LogP contribution < -0.4 is 10.1 Å². The second-order valence-corrected chi connectivity index (χ2v) is 6.89. The number of amides is 1. The van der Waals surface area contributed by atoms with Crippen molar-refractivity contribution in [2.75, 3.05) is 11.9 Å². The molecule has 0 aliphatic carbocycles. The Labute approximate surface area is 160 Å². The molecule has 24 heavy (non-hydrogen) atoms. The van der Waals surface area contributed by atoms with Gasteiger partial charge in [0.15, 0.2) is 12.4 Å². The number of hydrogen-bond acceptors (Lipinski definition) is 2. The lowest BCUT2D eigenvalue weighted by Gasteiger charge is -2.15. The molecule has 0 spiro atoms. The molecule has 0 aliphatic heterocycles. The van der Waals surface area contributed by atoms with Crippen LogP contribution in [0, 0.1) is 20.8 Å². The molecule has 0 fully saturated rings. The zero-order valence-electron chi connectivity index (χ0n) is 13.3. The first-order chi connectivity index (χ1) is 11.2. The van der Waals surface area contributed by atoms with E-state index in [0.717, 1.165) is 5.56 Å². The maximum atomic E-state index is 12.1. The van der Waals surface area contributed by atoms with Crippen LogP contribution in [0.2, 0.25) is 20.1 Å². The fourth-order valence-electron chi connectivity index (χ4n) is 2.09. The van der Waals surface area contributed by atoms with E-state index < -0.39 is 0 Å². The minimum Gasteiger partial charge on any atom is -0.481 e. The quantitative estimate of drug-likeness (QED) is 0.652. The number of rotatable bonds is 4. The van der Waals surface area contributed by atoms with Crippen molar-refractivity contribution in [1.29, 1.82) is 0 Å². The van der Waals surface area contributed by atoms with Gasteiger partial charge < -0.3 is 10.1 Å². The van der Waals surface area contributed by atoms with Crippen LogP contribution in [0.15, 0.2) is 18.2 Å². The van der Waals surface area contributed by atoms with Gasteiger partial charge in [0.25, 0.3) is 5.91 Å². The number of aryl methyl sites for hydroxylation is 1. The standard InChI is InChI=1S/C17H15Cl4NO2/c1-8-4-5-11(18)6-12(8)22-13(23)7-24-17-15(20)9(2)14(19)10(3)16(17)21/h4-6H,7H2,1-3H3,(H,22,23). The lowest BCUT2D eigenvalue weighted by molar-refractivity contribution is -0.118. The van der Waals surface area contributed by atoms with Crippen LogP contribution >= 0.6 is 46.4 Å². The molecular formula is C17H15Cl4NO2. The number of benzene rings is 2. The smallest absolute Gasteiger partial charge is 0.262 e. The van der Waals surface area contributed by atoms with Crippen molar-refractivity contribution in [3.05, 3.63) is 55.0 Å². The third-order valence-corrected chi connectivity index (χ3v) is 5.25. The molecule has 1 N–H and O–H groups in total. The molecule has 2 aromatic rings. The van der Waals surface area contributed by atoms with Crippen molar-refractivity contribution in [2.24, 2.45) is 0 Å². The van der Waals surface area contributed by atoms with E-state index in [9.17, 15) is 4.79 Å². The van der Waals surface area contributed by atoms with Crippen molar-refractivity contribution < 1.29 is 9.53 Å². The molecule has 7 heteroatoms. The van der Waals surface area contributed by atoms with Gasteiger partial charge in [-0.1, -0.05) is 52.5 Å². The average Bonchev–Trinajstić information content (AvgIpc) is 2.54. The van der Waals surface area contributed by atoms with E-state index in [2.05, 4.69) is 5.32 Å². The highest BCUT2D eigenvalue weighted by molar-refractivity contribution is 6.42. The predicted molar refractivity (Wildman–Crippen MR) is 101 cm³/mol. The summed E-state index contributed by atoms with van der Waals surface area (Å²) < 4.78 is 5.52. The lowest BCUT2D eigenvalue weighted by atomic mass is 10.1. The SMILES string of the molecule is Cc1ccc(Cl)cc1NC(=O)COc1c(Cl)c(C)c(Cl)c(C)c1Cl. The number of ether oxygens (including phenoxy) is 1. The van der Waals surface area contributed by atoms with Gasteiger partial charge in [0, 0.05) is 15.7 Å². The van der Waals surface area contributed by atoms with Gasteiger partial charge in [-0.2, -0.15) is 0 Å². The highest BCUT2D eigenvalue weighted by Gasteiger charge is 2.18. The van der Waals surface area contributed by atoms with E-state index in [1.54, 1.807) is 26.0 Å². The summed E-state index contributed by atoms with van der Waals surface area (Å²) in [6, 6.07) is 5.24. The highest BCUT2D eigenvalue weighted by atomic mass is 35.5. The minimum absolute atomic E-state index is 0.244. The fraction of sp³-hybridized carbons (Fsp3) is 0.235. The maximum Gasteiger partial charge on any atom is 0.262 e. The van der Waals surface area contributed by atoms with E-state index in [4.69, 9.17) is 51.1 Å². The summed E-state index contributed by atoms with van der Waals surface area (Å²) in [6.45, 7) is 5.14. The van der Waals surface area contributed by atoms with Crippen LogP contribution in [0.4, 0.5) is 5.69 Å². The summed E-state index contributed by atoms with van der Waals surface area (Å²) >= 11 is 24.5. The topological polar surface area (TPSA) is 38.3 Å². The molecule has 0 bridgehead atoms. The van der Waals surface area contributed by atoms with E-state index in [0.29, 0.717) is 36.9 Å². The first-order valence-electron chi connectivity index (χ1n) is 7.04. The molecule has 3 nitrogen and oxygen atoms in total. The number of halogens is 4. The van der Waals surface area contributed by atoms with E-state index >= 15 is 0 Å². The number of carbonyl (C=O) groups excluding carboxylic acids is 1. The van der Waals surface area contributed by atoms with Crippen LogP contribution in [-0.4, -0.2) is 12.5 Å². The summed E-state index contributed by atoms with van der Waals surface area (Å²) in [5.74, 6) is -0.103. The van der Waals surface area contributed by atoms with Crippen molar-refractivity contribution in [2.45, 2.75) is 20.8 Å². The third-order valence-electron chi connectivity index (χ3n) is 3.54. The van der Waals surface area contributed by atoms with Gasteiger partial charge in [0.05, 0.1) is 10.0 Å². The Bertz CT molecular complexity index is 777. The second-order valence-electron chi connectivity index (χ2n) is 5.32. The van der Waals surface area contributed by atoms with Crippen molar-refractivity contribution >= 4 is 58.0 Å². The van der Waals surface area contributed by atoms with Crippen molar-refractivity contribution in [1.82, 2.24) is 0 Å². The Morgan fingerprint density at radius 3 is 2.17 bits per heavy atom. The van der Waals surface area contributed by atoms with Crippen LogP contribution in [0.3, 0.4) is 0 Å². The molecule has 1 amide bonds. The Morgan fingerprint density at radius 1 is 1.00 bits per heavy atom. The van der Waals surface area contributed by atoms with Crippen molar-refractivity contribution in [3.8, 4) is 5.75 Å². The Kier molecular flexibility index (Phi) is 6.27. The van der Waals surface area contributed by atoms with Gasteiger partial charge in [0.1, 0.15) is 0 Å². The molecule has 0 atom stereocenters. The third kappa shape index (κ3) is 4.09. The normalized spacial score (nSPS) is 10.6. The minimum atomic E-state index is -0.349. The van der Waals surface area contributed by atoms with Crippen molar-refractivity contribution in [3.63, 3.8) is 0 Å². The number of hydrogen-bond donors (Lipinski definition) is 1. The van der Waals surface area contributed by atoms with E-state index in [1.807, 2.05) is 13.0 Å². The molecule has 0 aliphatic rings. The zero-order valence-corrected chi connectivity index (χ0v) is 16.3. The summed E-state index contributed by atoms with van der Waals surface area (Å²) in [5.41, 5.74) is 2.82. The first-order valence-corrected chi connectivity index (χ1v) is 8.56. The van der Waals surface area contributed by atoms with Crippen LogP contribution in [0.25, 0.3) is 0 Å². The maximum absolute atomic E-state index is 12.1. The van der Waals surface area contributed by atoms with Gasteiger partial charge in [-0.15, -0.1) is 0 Å². The molecule has 2 aromatic carbocycles. The van der Waals surface area contributed by atoms with Gasteiger partial charge >= 0.3 is 0 Å². The van der Waals surface area contributed by atoms with Crippen LogP contribution in [0.1, 0.15) is 16.7 Å². The fourth-order valence-corrected chi connectivity index (χ4v) is 3.08.